The van der Waals surface area contributed by atoms with Crippen LogP contribution in [0.3, 0.4) is 0 Å². The van der Waals surface area contributed by atoms with Crippen LogP contribution >= 0.6 is 0 Å². The van der Waals surface area contributed by atoms with E-state index in [9.17, 15) is 20.1 Å². The molecule has 34 heavy (non-hydrogen) atoms. The van der Waals surface area contributed by atoms with Crippen molar-refractivity contribution in [2.75, 3.05) is 0 Å². The van der Waals surface area contributed by atoms with E-state index in [1.54, 1.807) is 19.4 Å². The molecule has 2 fully saturated rings. The van der Waals surface area contributed by atoms with Gasteiger partial charge in [0.25, 0.3) is 0 Å². The summed E-state index contributed by atoms with van der Waals surface area (Å²) in [5.41, 5.74) is 0.0806. The predicted molar refractivity (Wildman–Crippen MR) is 136 cm³/mol. The van der Waals surface area contributed by atoms with Crippen molar-refractivity contribution >= 4 is 5.78 Å². The lowest BCUT2D eigenvalue weighted by Gasteiger charge is -2.62. The van der Waals surface area contributed by atoms with Crippen molar-refractivity contribution in [3.63, 3.8) is 0 Å². The van der Waals surface area contributed by atoms with E-state index in [0.29, 0.717) is 24.2 Å². The lowest BCUT2D eigenvalue weighted by Crippen LogP contribution is -2.56. The van der Waals surface area contributed by atoms with Gasteiger partial charge in [-0.25, -0.2) is 0 Å². The fraction of sp³-hybridized carbons (Fsp3) is 0.833. The fourth-order valence-electron chi connectivity index (χ4n) is 9.14. The number of hydrogen-bond donors (Lipinski definition) is 3. The normalized spacial score (nSPS) is 43.2. The zero-order valence-electron chi connectivity index (χ0n) is 22.7. The monoisotopic (exact) mass is 472 g/mol. The molecule has 0 spiro atoms. The van der Waals surface area contributed by atoms with E-state index >= 15 is 0 Å². The second-order valence-electron chi connectivity index (χ2n) is 14.1. The molecule has 0 radical (unpaired) electrons. The highest BCUT2D eigenvalue weighted by Gasteiger charge is 2.65. The predicted octanol–water partition coefficient (Wildman–Crippen LogP) is 6.37. The quantitative estimate of drug-likeness (QED) is 0.406. The molecule has 4 aliphatic carbocycles. The van der Waals surface area contributed by atoms with Crippen molar-refractivity contribution < 1.29 is 20.1 Å². The van der Waals surface area contributed by atoms with Gasteiger partial charge in [-0.2, -0.15) is 0 Å². The molecule has 4 nitrogen and oxygen atoms in total. The Bertz CT molecular complexity index is 907. The summed E-state index contributed by atoms with van der Waals surface area (Å²) in [7, 11) is 0. The van der Waals surface area contributed by atoms with Crippen LogP contribution < -0.4 is 0 Å². The van der Waals surface area contributed by atoms with Gasteiger partial charge in [0.05, 0.1) is 11.7 Å². The second-order valence-corrected chi connectivity index (χ2v) is 14.1. The number of carbonyl (C=O) groups excluding carboxylic acids is 1. The minimum Gasteiger partial charge on any atom is -0.505 e. The van der Waals surface area contributed by atoms with E-state index in [1.807, 2.05) is 19.9 Å². The minimum atomic E-state index is -1.06. The summed E-state index contributed by atoms with van der Waals surface area (Å²) in [6, 6.07) is 0. The highest BCUT2D eigenvalue weighted by atomic mass is 16.3. The summed E-state index contributed by atoms with van der Waals surface area (Å²) in [6.07, 6.45) is 10.8. The molecule has 0 heterocycles. The summed E-state index contributed by atoms with van der Waals surface area (Å²) in [5.74, 6) is 1.51. The molecule has 0 aliphatic heterocycles. The Kier molecular flexibility index (Phi) is 6.06. The Balaban J connectivity index is 1.62. The van der Waals surface area contributed by atoms with Gasteiger partial charge in [-0.1, -0.05) is 53.2 Å². The number of fused-ring (bicyclic) bond motifs is 5. The van der Waals surface area contributed by atoms with Crippen LogP contribution in [-0.2, 0) is 4.79 Å². The van der Waals surface area contributed by atoms with E-state index in [1.165, 1.54) is 12.8 Å². The maximum atomic E-state index is 12.8. The second kappa shape index (κ2) is 7.93. The zero-order chi connectivity index (χ0) is 25.5. The van der Waals surface area contributed by atoms with Gasteiger partial charge in [0.15, 0.2) is 5.76 Å². The van der Waals surface area contributed by atoms with Gasteiger partial charge in [-0.05, 0) is 99.4 Å². The Morgan fingerprint density at radius 1 is 1.09 bits per heavy atom. The molecule has 0 unspecified atom stereocenters. The van der Waals surface area contributed by atoms with Crippen LogP contribution in [0.4, 0.5) is 0 Å². The van der Waals surface area contributed by atoms with Crippen molar-refractivity contribution in [3.8, 4) is 0 Å². The van der Waals surface area contributed by atoms with Gasteiger partial charge in [0.2, 0.25) is 5.78 Å². The maximum Gasteiger partial charge on any atom is 0.202 e. The molecule has 0 aromatic heterocycles. The number of carbonyl (C=O) groups is 1. The maximum absolute atomic E-state index is 12.8. The van der Waals surface area contributed by atoms with E-state index in [2.05, 4.69) is 33.8 Å². The highest BCUT2D eigenvalue weighted by Crippen LogP contribution is 2.72. The molecule has 0 saturated heterocycles. The highest BCUT2D eigenvalue weighted by molar-refractivity contribution is 5.98. The van der Waals surface area contributed by atoms with Crippen LogP contribution in [0.2, 0.25) is 0 Å². The molecule has 8 atom stereocenters. The number of rotatable bonds is 5. The average molecular weight is 473 g/mol. The third-order valence-electron chi connectivity index (χ3n) is 11.6. The first kappa shape index (κ1) is 25.9. The molecular formula is C30H48O4. The molecular weight excluding hydrogens is 424 g/mol. The van der Waals surface area contributed by atoms with Crippen molar-refractivity contribution in [1.29, 1.82) is 0 Å². The Hall–Kier alpha value is -1.13. The molecule has 0 aromatic rings. The van der Waals surface area contributed by atoms with Crippen molar-refractivity contribution in [3.05, 3.63) is 23.5 Å². The number of allylic oxidation sites excluding steroid dienone is 4. The summed E-state index contributed by atoms with van der Waals surface area (Å²) < 4.78 is 0. The van der Waals surface area contributed by atoms with E-state index < -0.39 is 17.1 Å². The van der Waals surface area contributed by atoms with Crippen LogP contribution in [0.15, 0.2) is 23.5 Å². The Morgan fingerprint density at radius 2 is 1.74 bits per heavy atom. The number of hydrogen-bond acceptors (Lipinski definition) is 4. The largest absolute Gasteiger partial charge is 0.505 e. The van der Waals surface area contributed by atoms with Gasteiger partial charge in [0.1, 0.15) is 0 Å². The molecule has 4 rings (SSSR count). The minimum absolute atomic E-state index is 0.0354. The van der Waals surface area contributed by atoms with E-state index in [4.69, 9.17) is 0 Å². The lowest BCUT2D eigenvalue weighted by molar-refractivity contribution is -0.136. The first-order chi connectivity index (χ1) is 15.5. The standard InChI is InChI=1S/C30H48O4/c1-18(9-12-24(32)27(4,5)34)19-13-15-30(8)21-10-11-23-26(2,3)25(33)22(31)17-28(23,6)20(21)14-16-29(19,30)7/h10,17-20,23-24,31-32,34H,9,11-16H2,1-8H3/t18-,19-,20-,23-,24-,28+,29-,30+/m0/s1. The third kappa shape index (κ3) is 3.49. The van der Waals surface area contributed by atoms with Crippen molar-refractivity contribution in [2.45, 2.75) is 112 Å². The Labute approximate surface area is 206 Å². The summed E-state index contributed by atoms with van der Waals surface area (Å²) >= 11 is 0. The van der Waals surface area contributed by atoms with E-state index in [0.717, 1.165) is 25.7 Å². The molecule has 192 valence electrons. The lowest BCUT2D eigenvalue weighted by atomic mass is 9.42. The average Bonchev–Trinajstić information content (AvgIpc) is 3.01. The first-order valence-electron chi connectivity index (χ1n) is 13.6. The number of aliphatic hydroxyl groups excluding tert-OH is 2. The number of Topliss-reactive ketones (excluding diaryl/α,β-unsaturated/α-hetero) is 1. The van der Waals surface area contributed by atoms with Gasteiger partial charge < -0.3 is 15.3 Å². The van der Waals surface area contributed by atoms with Crippen LogP contribution in [-0.4, -0.2) is 32.8 Å². The van der Waals surface area contributed by atoms with E-state index in [-0.39, 0.29) is 33.7 Å². The molecule has 4 aliphatic rings. The zero-order valence-corrected chi connectivity index (χ0v) is 22.7. The van der Waals surface area contributed by atoms with Gasteiger partial charge in [-0.15, -0.1) is 0 Å². The SMILES string of the molecule is C[C@@H](CC[C@H](O)C(C)(C)O)[C@@H]1CC[C@]2(C)C3=CC[C@H]4C(C)(C)C(=O)C(O)=C[C@]4(C)[C@H]3CC[C@@]12C. The molecule has 0 aromatic carbocycles. The molecule has 2 saturated carbocycles. The van der Waals surface area contributed by atoms with Crippen LogP contribution in [0, 0.1) is 45.3 Å². The molecule has 0 bridgehead atoms. The fourth-order valence-corrected chi connectivity index (χ4v) is 9.14. The van der Waals surface area contributed by atoms with Gasteiger partial charge in [-0.3, -0.25) is 4.79 Å². The van der Waals surface area contributed by atoms with Crippen LogP contribution in [0.1, 0.15) is 100 Å². The number of aliphatic hydroxyl groups is 3. The molecule has 3 N–H and O–H groups in total. The topological polar surface area (TPSA) is 77.8 Å². The van der Waals surface area contributed by atoms with Crippen LogP contribution in [0.25, 0.3) is 0 Å². The third-order valence-corrected chi connectivity index (χ3v) is 11.6. The summed E-state index contributed by atoms with van der Waals surface area (Å²) in [4.78, 5) is 12.8. The number of ketones is 1. The molecule has 4 heteroatoms. The van der Waals surface area contributed by atoms with Gasteiger partial charge in [0, 0.05) is 10.8 Å². The Morgan fingerprint density at radius 3 is 2.35 bits per heavy atom. The van der Waals surface area contributed by atoms with Gasteiger partial charge >= 0.3 is 0 Å². The first-order valence-corrected chi connectivity index (χ1v) is 13.6. The smallest absolute Gasteiger partial charge is 0.202 e. The van der Waals surface area contributed by atoms with Crippen molar-refractivity contribution in [1.82, 2.24) is 0 Å². The summed E-state index contributed by atoms with van der Waals surface area (Å²) in [5, 5.41) is 31.2. The van der Waals surface area contributed by atoms with Crippen molar-refractivity contribution in [2.24, 2.45) is 45.3 Å². The molecule has 0 amide bonds. The summed E-state index contributed by atoms with van der Waals surface area (Å²) in [6.45, 7) is 17.0. The van der Waals surface area contributed by atoms with Crippen LogP contribution in [0.5, 0.6) is 0 Å².